The molecule has 2 N–H and O–H groups in total. The van der Waals surface area contributed by atoms with Crippen molar-refractivity contribution >= 4 is 11.9 Å². The lowest BCUT2D eigenvalue weighted by atomic mass is 10.0. The second-order valence-corrected chi connectivity index (χ2v) is 11.6. The van der Waals surface area contributed by atoms with Gasteiger partial charge in [0.25, 0.3) is 0 Å². The van der Waals surface area contributed by atoms with Crippen LogP contribution in [0.25, 0.3) is 0 Å². The zero-order chi connectivity index (χ0) is 31.1. The van der Waals surface area contributed by atoms with Crippen molar-refractivity contribution < 1.29 is 29.3 Å². The smallest absolute Gasteiger partial charge is 0.305 e. The topological polar surface area (TPSA) is 93.1 Å². The van der Waals surface area contributed by atoms with E-state index in [2.05, 4.69) is 62.5 Å². The molecule has 6 nitrogen and oxygen atoms in total. The molecule has 0 rings (SSSR count). The molecule has 0 aromatic heterocycles. The maximum Gasteiger partial charge on any atom is 0.305 e. The van der Waals surface area contributed by atoms with Gasteiger partial charge in [-0.3, -0.25) is 9.59 Å². The summed E-state index contributed by atoms with van der Waals surface area (Å²) in [5, 5.41) is 19.4. The minimum absolute atomic E-state index is 0.143. The maximum atomic E-state index is 11.9. The zero-order valence-electron chi connectivity index (χ0n) is 27.0. The van der Waals surface area contributed by atoms with Crippen LogP contribution in [0.5, 0.6) is 0 Å². The number of aliphatic hydroxyl groups is 2. The van der Waals surface area contributed by atoms with Crippen molar-refractivity contribution in [1.82, 2.24) is 0 Å². The monoisotopic (exact) mass is 590 g/mol. The average molecular weight is 591 g/mol. The number of allylic oxidation sites excluding steroid dienone is 8. The number of carbonyl (C=O) groups excluding carboxylic acids is 2. The lowest BCUT2D eigenvalue weighted by Crippen LogP contribution is -2.25. The van der Waals surface area contributed by atoms with E-state index < -0.39 is 6.10 Å². The number of hydrogen-bond donors (Lipinski definition) is 2. The Morgan fingerprint density at radius 1 is 0.571 bits per heavy atom. The molecule has 0 aromatic carbocycles. The predicted molar refractivity (Wildman–Crippen MR) is 174 cm³/mol. The fourth-order valence-corrected chi connectivity index (χ4v) is 4.18. The van der Waals surface area contributed by atoms with E-state index in [1.54, 1.807) is 0 Å². The van der Waals surface area contributed by atoms with Crippen LogP contribution in [0.4, 0.5) is 0 Å². The van der Waals surface area contributed by atoms with E-state index in [1.807, 2.05) is 6.92 Å². The molecule has 0 fully saturated rings. The summed E-state index contributed by atoms with van der Waals surface area (Å²) in [5.74, 6) is 0.131. The highest BCUT2D eigenvalue weighted by molar-refractivity contribution is 5.69. The van der Waals surface area contributed by atoms with Crippen molar-refractivity contribution in [3.63, 3.8) is 0 Å². The maximum absolute atomic E-state index is 11.9. The standard InChI is InChI=1S/C36H62O6/c1-4-33(37)27-23-19-15-11-9-7-5-6-8-10-12-16-20-24-28-35(39)41-30-34(38)31-42-36(40)29-25-21-17-13-14-18-22-26-32(2)3/h6-9,12,15-16,19,32-34,37-38H,4-5,10-11,13-14,17-18,20-31H2,1-3H3/b8-6-,9-7-,16-12-,19-15-/t33-,34+/m0/s1. The van der Waals surface area contributed by atoms with Gasteiger partial charge in [0.15, 0.2) is 0 Å². The molecule has 0 spiro atoms. The van der Waals surface area contributed by atoms with E-state index in [4.69, 9.17) is 9.47 Å². The van der Waals surface area contributed by atoms with E-state index >= 15 is 0 Å². The Morgan fingerprint density at radius 3 is 1.55 bits per heavy atom. The Kier molecular flexibility index (Phi) is 28.7. The van der Waals surface area contributed by atoms with Gasteiger partial charge in [-0.05, 0) is 63.7 Å². The molecule has 42 heavy (non-hydrogen) atoms. The Hall–Kier alpha value is -2.18. The Balaban J connectivity index is 3.61. The molecule has 0 bridgehead atoms. The van der Waals surface area contributed by atoms with Crippen molar-refractivity contribution in [3.8, 4) is 0 Å². The summed E-state index contributed by atoms with van der Waals surface area (Å²) in [6, 6.07) is 0. The highest BCUT2D eigenvalue weighted by Gasteiger charge is 2.12. The van der Waals surface area contributed by atoms with Gasteiger partial charge >= 0.3 is 11.9 Å². The van der Waals surface area contributed by atoms with Gasteiger partial charge in [0, 0.05) is 12.8 Å². The SMILES string of the molecule is CC[C@H](O)CC/C=C\C/C=C\C/C=C\C/C=C\CCCC(=O)OC[C@@H](O)COC(=O)CCCCCCCCCC(C)C. The molecule has 242 valence electrons. The summed E-state index contributed by atoms with van der Waals surface area (Å²) in [5.41, 5.74) is 0. The largest absolute Gasteiger partial charge is 0.463 e. The molecule has 2 atom stereocenters. The predicted octanol–water partition coefficient (Wildman–Crippen LogP) is 8.72. The molecular formula is C36H62O6. The quantitative estimate of drug-likeness (QED) is 0.0538. The number of ether oxygens (including phenoxy) is 2. The van der Waals surface area contributed by atoms with Gasteiger partial charge in [-0.15, -0.1) is 0 Å². The highest BCUT2D eigenvalue weighted by atomic mass is 16.6. The van der Waals surface area contributed by atoms with Crippen LogP contribution >= 0.6 is 0 Å². The molecule has 0 amide bonds. The van der Waals surface area contributed by atoms with Crippen molar-refractivity contribution in [1.29, 1.82) is 0 Å². The van der Waals surface area contributed by atoms with Crippen molar-refractivity contribution in [2.45, 2.75) is 149 Å². The summed E-state index contributed by atoms with van der Waals surface area (Å²) in [6.45, 7) is 6.23. The fourth-order valence-electron chi connectivity index (χ4n) is 4.18. The van der Waals surface area contributed by atoms with Gasteiger partial charge in [-0.2, -0.15) is 0 Å². The van der Waals surface area contributed by atoms with Gasteiger partial charge in [0.2, 0.25) is 0 Å². The molecule has 0 saturated heterocycles. The second-order valence-electron chi connectivity index (χ2n) is 11.6. The van der Waals surface area contributed by atoms with Gasteiger partial charge < -0.3 is 19.7 Å². The van der Waals surface area contributed by atoms with Gasteiger partial charge in [0.05, 0.1) is 6.10 Å². The third-order valence-electron chi connectivity index (χ3n) is 6.91. The van der Waals surface area contributed by atoms with E-state index in [-0.39, 0.29) is 31.3 Å². The number of aliphatic hydroxyl groups excluding tert-OH is 2. The van der Waals surface area contributed by atoms with Crippen molar-refractivity contribution in [2.75, 3.05) is 13.2 Å². The van der Waals surface area contributed by atoms with Crippen LogP contribution in [0.15, 0.2) is 48.6 Å². The first-order valence-corrected chi connectivity index (χ1v) is 16.6. The van der Waals surface area contributed by atoms with Crippen LogP contribution in [0.2, 0.25) is 0 Å². The Morgan fingerprint density at radius 2 is 1.02 bits per heavy atom. The minimum Gasteiger partial charge on any atom is -0.463 e. The molecule has 0 aromatic rings. The van der Waals surface area contributed by atoms with Crippen LogP contribution in [-0.2, 0) is 19.1 Å². The number of unbranched alkanes of at least 4 members (excludes halogenated alkanes) is 7. The first-order chi connectivity index (χ1) is 20.3. The molecule has 0 aliphatic rings. The number of esters is 2. The Bertz CT molecular complexity index is 752. The molecule has 0 aliphatic carbocycles. The summed E-state index contributed by atoms with van der Waals surface area (Å²) in [4.78, 5) is 23.7. The highest BCUT2D eigenvalue weighted by Crippen LogP contribution is 2.13. The third kappa shape index (κ3) is 30.8. The fraction of sp³-hybridized carbons (Fsp3) is 0.722. The summed E-state index contributed by atoms with van der Waals surface area (Å²) in [7, 11) is 0. The summed E-state index contributed by atoms with van der Waals surface area (Å²) in [6.07, 6.45) is 32.6. The zero-order valence-corrected chi connectivity index (χ0v) is 27.0. The van der Waals surface area contributed by atoms with Gasteiger partial charge in [-0.25, -0.2) is 0 Å². The third-order valence-corrected chi connectivity index (χ3v) is 6.91. The van der Waals surface area contributed by atoms with E-state index in [0.717, 1.165) is 70.1 Å². The lowest BCUT2D eigenvalue weighted by Gasteiger charge is -2.12. The van der Waals surface area contributed by atoms with E-state index in [0.29, 0.717) is 19.3 Å². The molecule has 0 saturated carbocycles. The van der Waals surface area contributed by atoms with Gasteiger partial charge in [0.1, 0.15) is 19.3 Å². The average Bonchev–Trinajstić information content (AvgIpc) is 2.97. The van der Waals surface area contributed by atoms with E-state index in [9.17, 15) is 19.8 Å². The van der Waals surface area contributed by atoms with Gasteiger partial charge in [-0.1, -0.05) is 114 Å². The van der Waals surface area contributed by atoms with Crippen LogP contribution in [-0.4, -0.2) is 47.6 Å². The van der Waals surface area contributed by atoms with Crippen molar-refractivity contribution in [3.05, 3.63) is 48.6 Å². The molecular weight excluding hydrogens is 528 g/mol. The first kappa shape index (κ1) is 39.8. The van der Waals surface area contributed by atoms with E-state index in [1.165, 1.54) is 32.1 Å². The first-order valence-electron chi connectivity index (χ1n) is 16.6. The van der Waals surface area contributed by atoms with Crippen molar-refractivity contribution in [2.24, 2.45) is 5.92 Å². The summed E-state index contributed by atoms with van der Waals surface area (Å²) < 4.78 is 10.2. The molecule has 0 heterocycles. The Labute approximate surface area is 257 Å². The number of carbonyl (C=O) groups is 2. The molecule has 0 aliphatic heterocycles. The lowest BCUT2D eigenvalue weighted by molar-refractivity contribution is -0.152. The number of rotatable bonds is 28. The van der Waals surface area contributed by atoms with Crippen LogP contribution in [0.3, 0.4) is 0 Å². The summed E-state index contributed by atoms with van der Waals surface area (Å²) >= 11 is 0. The van der Waals surface area contributed by atoms with Crippen LogP contribution < -0.4 is 0 Å². The number of hydrogen-bond acceptors (Lipinski definition) is 6. The molecule has 0 radical (unpaired) electrons. The second kappa shape index (κ2) is 30.3. The normalized spacial score (nSPS) is 13.7. The molecule has 6 heteroatoms. The van der Waals surface area contributed by atoms with Crippen LogP contribution in [0.1, 0.15) is 136 Å². The van der Waals surface area contributed by atoms with Crippen LogP contribution in [0, 0.1) is 5.92 Å². The molecule has 0 unspecified atom stereocenters. The minimum atomic E-state index is -0.993.